The number of unbranched alkanes of at least 4 members (excludes halogenated alkanes) is 3. The SMILES string of the molecule is CCCCCCOc1ccccc1C(=O)NC(=S)Nc1cccc(OCCOC)c1. The molecule has 0 aliphatic rings. The van der Waals surface area contributed by atoms with E-state index in [1.807, 2.05) is 30.3 Å². The first-order valence-electron chi connectivity index (χ1n) is 10.2. The van der Waals surface area contributed by atoms with Crippen LogP contribution in [0.3, 0.4) is 0 Å². The van der Waals surface area contributed by atoms with Crippen molar-refractivity contribution >= 4 is 28.9 Å². The number of nitrogens with one attached hydrogen (secondary N) is 2. The molecule has 0 bridgehead atoms. The van der Waals surface area contributed by atoms with E-state index < -0.39 is 0 Å². The van der Waals surface area contributed by atoms with Gasteiger partial charge in [0.1, 0.15) is 18.1 Å². The number of methoxy groups -OCH3 is 1. The van der Waals surface area contributed by atoms with Crippen LogP contribution < -0.4 is 20.1 Å². The quantitative estimate of drug-likeness (QED) is 0.372. The largest absolute Gasteiger partial charge is 0.493 e. The van der Waals surface area contributed by atoms with Crippen molar-refractivity contribution in [2.24, 2.45) is 0 Å². The average Bonchev–Trinajstić information content (AvgIpc) is 2.74. The van der Waals surface area contributed by atoms with E-state index in [0.29, 0.717) is 36.9 Å². The standard InChI is InChI=1S/C23H30N2O4S/c1-3-4-5-8-14-29-21-13-7-6-12-20(21)22(26)25-23(30)24-18-10-9-11-19(17-18)28-16-15-27-2/h6-7,9-13,17H,3-5,8,14-16H2,1-2H3,(H2,24,25,26,30). The zero-order chi connectivity index (χ0) is 21.6. The Bertz CT molecular complexity index is 813. The lowest BCUT2D eigenvalue weighted by molar-refractivity contribution is 0.0973. The minimum absolute atomic E-state index is 0.201. The first-order chi connectivity index (χ1) is 14.6. The molecule has 30 heavy (non-hydrogen) atoms. The number of carbonyl (C=O) groups is 1. The molecule has 0 fully saturated rings. The van der Waals surface area contributed by atoms with Crippen molar-refractivity contribution in [3.05, 3.63) is 54.1 Å². The van der Waals surface area contributed by atoms with Gasteiger partial charge in [0.2, 0.25) is 0 Å². The summed E-state index contributed by atoms with van der Waals surface area (Å²) in [6.07, 6.45) is 4.44. The predicted molar refractivity (Wildman–Crippen MR) is 124 cm³/mol. The third-order valence-corrected chi connectivity index (χ3v) is 4.47. The number of amides is 1. The number of benzene rings is 2. The molecule has 2 rings (SSSR count). The second-order valence-electron chi connectivity index (χ2n) is 6.68. The Hall–Kier alpha value is -2.64. The molecule has 2 aromatic carbocycles. The summed E-state index contributed by atoms with van der Waals surface area (Å²) in [6.45, 7) is 3.72. The van der Waals surface area contributed by atoms with Gasteiger partial charge >= 0.3 is 0 Å². The van der Waals surface area contributed by atoms with Crippen molar-refractivity contribution in [1.82, 2.24) is 5.32 Å². The minimum atomic E-state index is -0.316. The molecule has 6 nitrogen and oxygen atoms in total. The summed E-state index contributed by atoms with van der Waals surface area (Å²) < 4.78 is 16.4. The Labute approximate surface area is 183 Å². The summed E-state index contributed by atoms with van der Waals surface area (Å²) in [5.41, 5.74) is 1.17. The van der Waals surface area contributed by atoms with Crippen molar-refractivity contribution in [3.8, 4) is 11.5 Å². The van der Waals surface area contributed by atoms with Gasteiger partial charge in [-0.15, -0.1) is 0 Å². The van der Waals surface area contributed by atoms with E-state index in [2.05, 4.69) is 17.6 Å². The molecular weight excluding hydrogens is 400 g/mol. The minimum Gasteiger partial charge on any atom is -0.493 e. The van der Waals surface area contributed by atoms with Crippen LogP contribution in [-0.4, -0.2) is 38.0 Å². The third-order valence-electron chi connectivity index (χ3n) is 4.26. The zero-order valence-corrected chi connectivity index (χ0v) is 18.4. The highest BCUT2D eigenvalue weighted by Crippen LogP contribution is 2.19. The topological polar surface area (TPSA) is 68.8 Å². The summed E-state index contributed by atoms with van der Waals surface area (Å²) in [6, 6.07) is 14.5. The number of hydrogen-bond acceptors (Lipinski definition) is 5. The number of hydrogen-bond donors (Lipinski definition) is 2. The van der Waals surface area contributed by atoms with Gasteiger partial charge in [0.25, 0.3) is 5.91 Å². The molecule has 0 atom stereocenters. The smallest absolute Gasteiger partial charge is 0.261 e. The Morgan fingerprint density at radius 2 is 1.80 bits per heavy atom. The fraction of sp³-hybridized carbons (Fsp3) is 0.391. The number of para-hydroxylation sites is 1. The first kappa shape index (κ1) is 23.6. The van der Waals surface area contributed by atoms with Crippen LogP contribution in [0.1, 0.15) is 43.0 Å². The third kappa shape index (κ3) is 8.39. The van der Waals surface area contributed by atoms with E-state index in [1.165, 1.54) is 12.8 Å². The van der Waals surface area contributed by atoms with Gasteiger partial charge in [0.15, 0.2) is 5.11 Å². The monoisotopic (exact) mass is 430 g/mol. The summed E-state index contributed by atoms with van der Waals surface area (Å²) in [4.78, 5) is 12.7. The van der Waals surface area contributed by atoms with Crippen LogP contribution in [0.5, 0.6) is 11.5 Å². The lowest BCUT2D eigenvalue weighted by atomic mass is 10.2. The molecule has 0 spiro atoms. The Morgan fingerprint density at radius 3 is 2.60 bits per heavy atom. The van der Waals surface area contributed by atoms with E-state index in [1.54, 1.807) is 25.3 Å². The molecule has 0 heterocycles. The van der Waals surface area contributed by atoms with E-state index in [0.717, 1.165) is 18.5 Å². The lowest BCUT2D eigenvalue weighted by Gasteiger charge is -2.13. The summed E-state index contributed by atoms with van der Waals surface area (Å²) >= 11 is 5.30. The highest BCUT2D eigenvalue weighted by atomic mass is 32.1. The van der Waals surface area contributed by atoms with Crippen LogP contribution in [-0.2, 0) is 4.74 Å². The summed E-state index contributed by atoms with van der Waals surface area (Å²) in [5.74, 6) is 0.931. The zero-order valence-electron chi connectivity index (χ0n) is 17.6. The van der Waals surface area contributed by atoms with Crippen LogP contribution in [0.2, 0.25) is 0 Å². The second-order valence-corrected chi connectivity index (χ2v) is 7.09. The van der Waals surface area contributed by atoms with Gasteiger partial charge in [-0.05, 0) is 42.9 Å². The molecule has 162 valence electrons. The maximum Gasteiger partial charge on any atom is 0.261 e. The molecule has 0 unspecified atom stereocenters. The molecule has 0 radical (unpaired) electrons. The molecule has 0 aromatic heterocycles. The highest BCUT2D eigenvalue weighted by molar-refractivity contribution is 7.80. The van der Waals surface area contributed by atoms with Crippen molar-refractivity contribution in [2.45, 2.75) is 32.6 Å². The van der Waals surface area contributed by atoms with Gasteiger partial charge in [0, 0.05) is 18.9 Å². The summed E-state index contributed by atoms with van der Waals surface area (Å²) in [7, 11) is 1.62. The number of rotatable bonds is 12. The van der Waals surface area contributed by atoms with Gasteiger partial charge in [0.05, 0.1) is 18.8 Å². The number of ether oxygens (including phenoxy) is 3. The lowest BCUT2D eigenvalue weighted by Crippen LogP contribution is -2.34. The molecule has 0 saturated heterocycles. The van der Waals surface area contributed by atoms with E-state index in [-0.39, 0.29) is 11.0 Å². The Balaban J connectivity index is 1.90. The van der Waals surface area contributed by atoms with Crippen LogP contribution in [0.4, 0.5) is 5.69 Å². The molecule has 7 heteroatoms. The second kappa shape index (κ2) is 13.6. The van der Waals surface area contributed by atoms with Crippen molar-refractivity contribution in [1.29, 1.82) is 0 Å². The van der Waals surface area contributed by atoms with Crippen molar-refractivity contribution in [2.75, 3.05) is 32.2 Å². The number of anilines is 1. The normalized spacial score (nSPS) is 10.3. The predicted octanol–water partition coefficient (Wildman–Crippen LogP) is 4.80. The molecule has 2 aromatic rings. The average molecular weight is 431 g/mol. The molecule has 0 aliphatic heterocycles. The Kier molecular flexibility index (Phi) is 10.7. The Morgan fingerprint density at radius 1 is 0.967 bits per heavy atom. The van der Waals surface area contributed by atoms with Gasteiger partial charge < -0.3 is 19.5 Å². The van der Waals surface area contributed by atoms with Crippen LogP contribution in [0.15, 0.2) is 48.5 Å². The van der Waals surface area contributed by atoms with Crippen LogP contribution >= 0.6 is 12.2 Å². The van der Waals surface area contributed by atoms with Gasteiger partial charge in [-0.2, -0.15) is 0 Å². The maximum atomic E-state index is 12.7. The fourth-order valence-corrected chi connectivity index (χ4v) is 2.94. The number of carbonyl (C=O) groups excluding carboxylic acids is 1. The van der Waals surface area contributed by atoms with Gasteiger partial charge in [-0.1, -0.05) is 44.4 Å². The molecule has 0 aliphatic carbocycles. The molecule has 2 N–H and O–H groups in total. The highest BCUT2D eigenvalue weighted by Gasteiger charge is 2.13. The van der Waals surface area contributed by atoms with Crippen molar-refractivity contribution in [3.63, 3.8) is 0 Å². The molecule has 1 amide bonds. The number of thiocarbonyl (C=S) groups is 1. The van der Waals surface area contributed by atoms with Gasteiger partial charge in [-0.25, -0.2) is 0 Å². The summed E-state index contributed by atoms with van der Waals surface area (Å²) in [5, 5.41) is 5.92. The van der Waals surface area contributed by atoms with E-state index >= 15 is 0 Å². The molecule has 0 saturated carbocycles. The maximum absolute atomic E-state index is 12.7. The van der Waals surface area contributed by atoms with Crippen LogP contribution in [0.25, 0.3) is 0 Å². The van der Waals surface area contributed by atoms with E-state index in [9.17, 15) is 4.79 Å². The fourth-order valence-electron chi connectivity index (χ4n) is 2.73. The van der Waals surface area contributed by atoms with Crippen LogP contribution in [0, 0.1) is 0 Å². The van der Waals surface area contributed by atoms with Crippen molar-refractivity contribution < 1.29 is 19.0 Å². The van der Waals surface area contributed by atoms with Gasteiger partial charge in [-0.3, -0.25) is 10.1 Å². The molecular formula is C23H30N2O4S. The van der Waals surface area contributed by atoms with E-state index in [4.69, 9.17) is 26.4 Å². The first-order valence-corrected chi connectivity index (χ1v) is 10.6.